The summed E-state index contributed by atoms with van der Waals surface area (Å²) in [4.78, 5) is 23.3. The number of fused-ring (bicyclic) bond motifs is 1. The van der Waals surface area contributed by atoms with Crippen molar-refractivity contribution < 1.29 is 14.3 Å². The van der Waals surface area contributed by atoms with Crippen molar-refractivity contribution in [3.63, 3.8) is 0 Å². The maximum atomic E-state index is 13.0. The second kappa shape index (κ2) is 7.52. The molecular weight excluding hydrogens is 368 g/mol. The molecule has 0 spiro atoms. The van der Waals surface area contributed by atoms with E-state index in [9.17, 15) is 4.79 Å². The molecule has 4 rings (SSSR count). The molecule has 2 aromatic rings. The summed E-state index contributed by atoms with van der Waals surface area (Å²) in [7, 11) is 1.62. The van der Waals surface area contributed by atoms with Crippen LogP contribution < -0.4 is 19.3 Å². The smallest absolute Gasteiger partial charge is 0.324 e. The third-order valence-electron chi connectivity index (χ3n) is 4.85. The quantitative estimate of drug-likeness (QED) is 0.791. The van der Waals surface area contributed by atoms with Gasteiger partial charge in [0, 0.05) is 37.3 Å². The van der Waals surface area contributed by atoms with E-state index in [1.54, 1.807) is 30.3 Å². The van der Waals surface area contributed by atoms with Gasteiger partial charge in [-0.25, -0.2) is 9.78 Å². The van der Waals surface area contributed by atoms with Crippen LogP contribution in [0, 0.1) is 0 Å². The van der Waals surface area contributed by atoms with Crippen LogP contribution in [0.5, 0.6) is 11.5 Å². The van der Waals surface area contributed by atoms with Crippen molar-refractivity contribution in [1.82, 2.24) is 9.88 Å². The van der Waals surface area contributed by atoms with Crippen LogP contribution in [0.3, 0.4) is 0 Å². The Morgan fingerprint density at radius 2 is 1.96 bits per heavy atom. The van der Waals surface area contributed by atoms with Crippen LogP contribution in [0.15, 0.2) is 36.5 Å². The van der Waals surface area contributed by atoms with Crippen LogP contribution in [0.2, 0.25) is 5.02 Å². The molecule has 2 aliphatic heterocycles. The third-order valence-corrected chi connectivity index (χ3v) is 5.08. The fourth-order valence-corrected chi connectivity index (χ4v) is 3.53. The van der Waals surface area contributed by atoms with Crippen LogP contribution in [0.25, 0.3) is 0 Å². The van der Waals surface area contributed by atoms with E-state index in [1.807, 2.05) is 23.1 Å². The van der Waals surface area contributed by atoms with Crippen molar-refractivity contribution in [2.24, 2.45) is 0 Å². The molecule has 0 saturated carbocycles. The first-order valence-electron chi connectivity index (χ1n) is 8.89. The van der Waals surface area contributed by atoms with Crippen LogP contribution in [0.4, 0.5) is 16.3 Å². The largest absolute Gasteiger partial charge is 0.495 e. The highest BCUT2D eigenvalue weighted by molar-refractivity contribution is 6.30. The van der Waals surface area contributed by atoms with Crippen LogP contribution >= 0.6 is 11.6 Å². The van der Waals surface area contributed by atoms with Gasteiger partial charge in [0.1, 0.15) is 23.9 Å². The minimum Gasteiger partial charge on any atom is -0.495 e. The molecule has 2 aliphatic rings. The highest BCUT2D eigenvalue weighted by Crippen LogP contribution is 2.34. The molecule has 142 valence electrons. The lowest BCUT2D eigenvalue weighted by atomic mass is 10.2. The number of halogens is 1. The number of methoxy groups -OCH3 is 1. The zero-order valence-electron chi connectivity index (χ0n) is 15.1. The molecule has 27 heavy (non-hydrogen) atoms. The molecule has 8 heteroatoms. The molecule has 1 saturated heterocycles. The van der Waals surface area contributed by atoms with Crippen molar-refractivity contribution in [1.29, 1.82) is 0 Å². The third kappa shape index (κ3) is 3.60. The van der Waals surface area contributed by atoms with Gasteiger partial charge >= 0.3 is 6.03 Å². The minimum atomic E-state index is 0.00390. The van der Waals surface area contributed by atoms with E-state index in [4.69, 9.17) is 21.1 Å². The van der Waals surface area contributed by atoms with Crippen molar-refractivity contribution >= 4 is 29.1 Å². The summed E-state index contributed by atoms with van der Waals surface area (Å²) in [5, 5.41) is 0.601. The van der Waals surface area contributed by atoms with Crippen LogP contribution in [-0.2, 0) is 0 Å². The lowest BCUT2D eigenvalue weighted by Gasteiger charge is -2.39. The van der Waals surface area contributed by atoms with Gasteiger partial charge in [0.25, 0.3) is 0 Å². The number of hydrogen-bond donors (Lipinski definition) is 0. The molecule has 0 bridgehead atoms. The zero-order valence-corrected chi connectivity index (χ0v) is 15.9. The number of hydrogen-bond acceptors (Lipinski definition) is 5. The maximum absolute atomic E-state index is 13.0. The average Bonchev–Trinajstić information content (AvgIpc) is 2.73. The first-order chi connectivity index (χ1) is 13.2. The number of nitrogens with zero attached hydrogens (tertiary/aromatic N) is 4. The number of amides is 2. The molecule has 0 aliphatic carbocycles. The number of aromatic nitrogens is 1. The molecule has 0 radical (unpaired) electrons. The molecule has 0 unspecified atom stereocenters. The molecule has 2 amide bonds. The Labute approximate surface area is 163 Å². The Balaban J connectivity index is 1.42. The lowest BCUT2D eigenvalue weighted by molar-refractivity contribution is 0.196. The lowest BCUT2D eigenvalue weighted by Crippen LogP contribution is -2.54. The number of carbonyl (C=O) groups excluding carboxylic acids is 1. The van der Waals surface area contributed by atoms with Crippen LogP contribution in [-0.4, -0.2) is 62.4 Å². The van der Waals surface area contributed by atoms with E-state index < -0.39 is 0 Å². The van der Waals surface area contributed by atoms with E-state index in [0.717, 1.165) is 30.3 Å². The zero-order chi connectivity index (χ0) is 18.8. The molecule has 1 aromatic heterocycles. The molecule has 7 nitrogen and oxygen atoms in total. The summed E-state index contributed by atoms with van der Waals surface area (Å²) in [5.41, 5.74) is 0.773. The topological polar surface area (TPSA) is 58.1 Å². The van der Waals surface area contributed by atoms with Crippen molar-refractivity contribution in [3.05, 3.63) is 41.6 Å². The first kappa shape index (κ1) is 17.7. The van der Waals surface area contributed by atoms with E-state index in [1.165, 1.54) is 0 Å². The van der Waals surface area contributed by atoms with Gasteiger partial charge in [0.05, 0.1) is 25.5 Å². The fourth-order valence-electron chi connectivity index (χ4n) is 3.37. The second-order valence-corrected chi connectivity index (χ2v) is 6.86. The van der Waals surface area contributed by atoms with Gasteiger partial charge in [0.15, 0.2) is 0 Å². The number of urea groups is 1. The summed E-state index contributed by atoms with van der Waals surface area (Å²) in [6.45, 7) is 3.77. The highest BCUT2D eigenvalue weighted by atomic mass is 35.5. The summed E-state index contributed by atoms with van der Waals surface area (Å²) in [5.74, 6) is 2.29. The Bertz CT molecular complexity index is 822. The van der Waals surface area contributed by atoms with E-state index >= 15 is 0 Å². The normalized spacial score (nSPS) is 16.6. The summed E-state index contributed by atoms with van der Waals surface area (Å²) < 4.78 is 10.8. The number of piperazine rings is 1. The van der Waals surface area contributed by atoms with E-state index in [2.05, 4.69) is 9.88 Å². The van der Waals surface area contributed by atoms with Gasteiger partial charge in [-0.05, 0) is 24.3 Å². The number of pyridine rings is 1. The SMILES string of the molecule is COc1ccc(N2CCN(C(=O)N3CCOc4cc(Cl)ccc43)CC2)nc1. The van der Waals surface area contributed by atoms with Gasteiger partial charge in [-0.1, -0.05) is 11.6 Å². The van der Waals surface area contributed by atoms with Gasteiger partial charge in [-0.2, -0.15) is 0 Å². The predicted molar refractivity (Wildman–Crippen MR) is 104 cm³/mol. The summed E-state index contributed by atoms with van der Waals surface area (Å²) >= 11 is 6.03. The average molecular weight is 389 g/mol. The number of benzene rings is 1. The molecule has 1 fully saturated rings. The number of ether oxygens (including phenoxy) is 2. The number of carbonyl (C=O) groups is 1. The van der Waals surface area contributed by atoms with Gasteiger partial charge < -0.3 is 19.3 Å². The molecule has 3 heterocycles. The van der Waals surface area contributed by atoms with Crippen LogP contribution in [0.1, 0.15) is 0 Å². The molecule has 0 N–H and O–H groups in total. The van der Waals surface area contributed by atoms with Crippen molar-refractivity contribution in [3.8, 4) is 11.5 Å². The minimum absolute atomic E-state index is 0.00390. The Hall–Kier alpha value is -2.67. The first-order valence-corrected chi connectivity index (χ1v) is 9.27. The maximum Gasteiger partial charge on any atom is 0.324 e. The molecule has 1 aromatic carbocycles. The Morgan fingerprint density at radius 3 is 2.67 bits per heavy atom. The van der Waals surface area contributed by atoms with Gasteiger partial charge in [0.2, 0.25) is 0 Å². The molecular formula is C19H21ClN4O3. The van der Waals surface area contributed by atoms with Gasteiger partial charge in [-0.15, -0.1) is 0 Å². The molecule has 0 atom stereocenters. The van der Waals surface area contributed by atoms with Crippen molar-refractivity contribution in [2.45, 2.75) is 0 Å². The second-order valence-electron chi connectivity index (χ2n) is 6.43. The van der Waals surface area contributed by atoms with Crippen molar-refractivity contribution in [2.75, 3.05) is 56.2 Å². The summed E-state index contributed by atoms with van der Waals surface area (Å²) in [6.07, 6.45) is 1.71. The number of rotatable bonds is 2. The highest BCUT2D eigenvalue weighted by Gasteiger charge is 2.30. The van der Waals surface area contributed by atoms with Gasteiger partial charge in [-0.3, -0.25) is 4.90 Å². The monoisotopic (exact) mass is 388 g/mol. The number of anilines is 2. The van der Waals surface area contributed by atoms with E-state index in [-0.39, 0.29) is 6.03 Å². The standard InChI is InChI=1S/C19H21ClN4O3/c1-26-15-3-5-18(21-13-15)22-6-8-23(9-7-22)19(25)24-10-11-27-17-12-14(20)2-4-16(17)24/h2-5,12-13H,6-11H2,1H3. The summed E-state index contributed by atoms with van der Waals surface area (Å²) in [6, 6.07) is 9.22. The predicted octanol–water partition coefficient (Wildman–Crippen LogP) is 2.88. The Morgan fingerprint density at radius 1 is 1.15 bits per heavy atom. The Kier molecular flexibility index (Phi) is 4.94. The fraction of sp³-hybridized carbons (Fsp3) is 0.368. The van der Waals surface area contributed by atoms with E-state index in [0.29, 0.717) is 37.0 Å².